The lowest BCUT2D eigenvalue weighted by Crippen LogP contribution is -2.20. The van der Waals surface area contributed by atoms with E-state index < -0.39 is 0 Å². The lowest BCUT2D eigenvalue weighted by Gasteiger charge is -2.15. The fourth-order valence-electron chi connectivity index (χ4n) is 1.49. The van der Waals surface area contributed by atoms with E-state index in [0.717, 1.165) is 18.7 Å². The number of rotatable bonds is 6. The highest BCUT2D eigenvalue weighted by molar-refractivity contribution is 7.10. The van der Waals surface area contributed by atoms with Crippen LogP contribution in [0.25, 0.3) is 0 Å². The standard InChI is InChI=1S/C12H19NOS/c1-5-13-11(6-9(2)3)12-7-10(14-4)8-15-12/h7-8,11,13H,2,5-6H2,1,3-4H3. The predicted octanol–water partition coefficient (Wildman–Crippen LogP) is 3.37. The van der Waals surface area contributed by atoms with Crippen molar-refractivity contribution in [1.29, 1.82) is 0 Å². The molecule has 1 unspecified atom stereocenters. The summed E-state index contributed by atoms with van der Waals surface area (Å²) in [5.41, 5.74) is 1.20. The topological polar surface area (TPSA) is 21.3 Å². The maximum absolute atomic E-state index is 5.19. The van der Waals surface area contributed by atoms with Crippen molar-refractivity contribution in [3.63, 3.8) is 0 Å². The van der Waals surface area contributed by atoms with Gasteiger partial charge in [-0.15, -0.1) is 17.9 Å². The molecule has 0 spiro atoms. The molecule has 3 heteroatoms. The highest BCUT2D eigenvalue weighted by atomic mass is 32.1. The van der Waals surface area contributed by atoms with Gasteiger partial charge in [0.2, 0.25) is 0 Å². The van der Waals surface area contributed by atoms with E-state index in [4.69, 9.17) is 4.74 Å². The summed E-state index contributed by atoms with van der Waals surface area (Å²) in [6.45, 7) is 9.12. The van der Waals surface area contributed by atoms with Gasteiger partial charge in [0.05, 0.1) is 7.11 Å². The number of ether oxygens (including phenoxy) is 1. The van der Waals surface area contributed by atoms with Crippen molar-refractivity contribution in [3.05, 3.63) is 28.5 Å². The summed E-state index contributed by atoms with van der Waals surface area (Å²) in [5, 5.41) is 5.50. The van der Waals surface area contributed by atoms with E-state index in [9.17, 15) is 0 Å². The second kappa shape index (κ2) is 5.93. The van der Waals surface area contributed by atoms with Gasteiger partial charge in [0.25, 0.3) is 0 Å². The van der Waals surface area contributed by atoms with Crippen LogP contribution < -0.4 is 10.1 Å². The van der Waals surface area contributed by atoms with Crippen LogP contribution in [0.3, 0.4) is 0 Å². The van der Waals surface area contributed by atoms with Crippen LogP contribution in [0.1, 0.15) is 31.2 Å². The highest BCUT2D eigenvalue weighted by Crippen LogP contribution is 2.29. The number of hydrogen-bond donors (Lipinski definition) is 1. The van der Waals surface area contributed by atoms with Gasteiger partial charge in [0, 0.05) is 16.3 Å². The van der Waals surface area contributed by atoms with E-state index in [2.05, 4.69) is 31.8 Å². The Morgan fingerprint density at radius 2 is 2.40 bits per heavy atom. The number of thiophene rings is 1. The molecule has 0 fully saturated rings. The lowest BCUT2D eigenvalue weighted by atomic mass is 10.1. The van der Waals surface area contributed by atoms with E-state index in [1.54, 1.807) is 18.4 Å². The first kappa shape index (κ1) is 12.3. The summed E-state index contributed by atoms with van der Waals surface area (Å²) in [5.74, 6) is 0.944. The lowest BCUT2D eigenvalue weighted by molar-refractivity contribution is 0.415. The molecule has 0 aliphatic rings. The normalized spacial score (nSPS) is 12.5. The average Bonchev–Trinajstić information content (AvgIpc) is 2.64. The van der Waals surface area contributed by atoms with Crippen LogP contribution in [0.15, 0.2) is 23.6 Å². The molecule has 1 N–H and O–H groups in total. The SMILES string of the molecule is C=C(C)CC(NCC)c1cc(OC)cs1. The third-order valence-corrected chi connectivity index (χ3v) is 3.20. The van der Waals surface area contributed by atoms with Crippen molar-refractivity contribution in [2.45, 2.75) is 26.3 Å². The van der Waals surface area contributed by atoms with E-state index >= 15 is 0 Å². The first-order valence-corrected chi connectivity index (χ1v) is 6.05. The first-order chi connectivity index (χ1) is 7.17. The molecule has 0 aliphatic heterocycles. The molecule has 0 bridgehead atoms. The fraction of sp³-hybridized carbons (Fsp3) is 0.500. The van der Waals surface area contributed by atoms with Gasteiger partial charge in [-0.3, -0.25) is 0 Å². The maximum Gasteiger partial charge on any atom is 0.129 e. The van der Waals surface area contributed by atoms with Crippen LogP contribution in [0.4, 0.5) is 0 Å². The second-order valence-electron chi connectivity index (χ2n) is 3.66. The molecule has 1 aromatic rings. The Hall–Kier alpha value is -0.800. The molecule has 84 valence electrons. The molecule has 0 amide bonds. The van der Waals surface area contributed by atoms with Gasteiger partial charge in [-0.25, -0.2) is 0 Å². The Morgan fingerprint density at radius 1 is 1.67 bits per heavy atom. The Kier molecular flexibility index (Phi) is 4.85. The van der Waals surface area contributed by atoms with E-state index in [0.29, 0.717) is 6.04 Å². The zero-order valence-electron chi connectivity index (χ0n) is 9.67. The maximum atomic E-state index is 5.19. The Bertz CT molecular complexity index is 319. The average molecular weight is 225 g/mol. The van der Waals surface area contributed by atoms with Crippen molar-refractivity contribution >= 4 is 11.3 Å². The molecule has 0 saturated carbocycles. The third kappa shape index (κ3) is 3.68. The molecule has 1 heterocycles. The van der Waals surface area contributed by atoms with Crippen LogP contribution in [0.5, 0.6) is 5.75 Å². The van der Waals surface area contributed by atoms with Gasteiger partial charge >= 0.3 is 0 Å². The summed E-state index contributed by atoms with van der Waals surface area (Å²) >= 11 is 1.74. The van der Waals surface area contributed by atoms with E-state index in [1.807, 2.05) is 5.38 Å². The number of hydrogen-bond acceptors (Lipinski definition) is 3. The van der Waals surface area contributed by atoms with Crippen LogP contribution in [-0.2, 0) is 0 Å². The molecule has 0 saturated heterocycles. The third-order valence-electron chi connectivity index (χ3n) is 2.18. The van der Waals surface area contributed by atoms with Crippen LogP contribution >= 0.6 is 11.3 Å². The zero-order chi connectivity index (χ0) is 11.3. The van der Waals surface area contributed by atoms with E-state index in [1.165, 1.54) is 10.5 Å². The minimum Gasteiger partial charge on any atom is -0.496 e. The van der Waals surface area contributed by atoms with Crippen LogP contribution in [0.2, 0.25) is 0 Å². The van der Waals surface area contributed by atoms with Gasteiger partial charge in [0.1, 0.15) is 5.75 Å². The van der Waals surface area contributed by atoms with Crippen molar-refractivity contribution in [3.8, 4) is 5.75 Å². The molecule has 15 heavy (non-hydrogen) atoms. The molecule has 1 aromatic heterocycles. The van der Waals surface area contributed by atoms with Crippen molar-refractivity contribution in [1.82, 2.24) is 5.32 Å². The summed E-state index contributed by atoms with van der Waals surface area (Å²) < 4.78 is 5.19. The quantitative estimate of drug-likeness (QED) is 0.749. The monoisotopic (exact) mass is 225 g/mol. The minimum absolute atomic E-state index is 0.376. The first-order valence-electron chi connectivity index (χ1n) is 5.17. The Morgan fingerprint density at radius 3 is 2.87 bits per heavy atom. The largest absolute Gasteiger partial charge is 0.496 e. The molecule has 2 nitrogen and oxygen atoms in total. The van der Waals surface area contributed by atoms with Crippen LogP contribution in [-0.4, -0.2) is 13.7 Å². The summed E-state index contributed by atoms with van der Waals surface area (Å²) in [7, 11) is 1.70. The molecular formula is C12H19NOS. The molecule has 0 aromatic carbocycles. The van der Waals surface area contributed by atoms with Gasteiger partial charge < -0.3 is 10.1 Å². The molecule has 0 aliphatic carbocycles. The summed E-state index contributed by atoms with van der Waals surface area (Å²) in [4.78, 5) is 1.32. The van der Waals surface area contributed by atoms with Crippen molar-refractivity contribution < 1.29 is 4.74 Å². The second-order valence-corrected chi connectivity index (χ2v) is 4.60. The van der Waals surface area contributed by atoms with E-state index in [-0.39, 0.29) is 0 Å². The van der Waals surface area contributed by atoms with Crippen molar-refractivity contribution in [2.75, 3.05) is 13.7 Å². The zero-order valence-corrected chi connectivity index (χ0v) is 10.5. The molecular weight excluding hydrogens is 206 g/mol. The Balaban J connectivity index is 2.73. The van der Waals surface area contributed by atoms with Gasteiger partial charge in [-0.05, 0) is 26.0 Å². The molecule has 1 rings (SSSR count). The Labute approximate surface area is 96.0 Å². The van der Waals surface area contributed by atoms with Gasteiger partial charge in [-0.2, -0.15) is 0 Å². The summed E-state index contributed by atoms with van der Waals surface area (Å²) in [6.07, 6.45) is 0.984. The predicted molar refractivity (Wildman–Crippen MR) is 66.7 cm³/mol. The fourth-order valence-corrected chi connectivity index (χ4v) is 2.42. The van der Waals surface area contributed by atoms with Gasteiger partial charge in [-0.1, -0.05) is 12.5 Å². The highest BCUT2D eigenvalue weighted by Gasteiger charge is 2.12. The minimum atomic E-state index is 0.376. The number of methoxy groups -OCH3 is 1. The number of nitrogens with one attached hydrogen (secondary N) is 1. The molecule has 0 radical (unpaired) electrons. The summed E-state index contributed by atoms with van der Waals surface area (Å²) in [6, 6.07) is 2.47. The van der Waals surface area contributed by atoms with Crippen LogP contribution in [0, 0.1) is 0 Å². The smallest absolute Gasteiger partial charge is 0.129 e. The molecule has 1 atom stereocenters. The van der Waals surface area contributed by atoms with Gasteiger partial charge in [0.15, 0.2) is 0 Å². The van der Waals surface area contributed by atoms with Crippen molar-refractivity contribution in [2.24, 2.45) is 0 Å².